The van der Waals surface area contributed by atoms with E-state index in [0.717, 1.165) is 30.5 Å². The fourth-order valence-corrected chi connectivity index (χ4v) is 5.04. The fourth-order valence-electron chi connectivity index (χ4n) is 3.95. The average molecular weight is 425 g/mol. The molecule has 4 heteroatoms. The molecule has 0 fully saturated rings. The Labute approximate surface area is 185 Å². The van der Waals surface area contributed by atoms with Crippen LogP contribution in [0.1, 0.15) is 17.5 Å². The Morgan fingerprint density at radius 3 is 1.93 bits per heavy atom. The van der Waals surface area contributed by atoms with Crippen LogP contribution in [0.4, 0.5) is 11.4 Å². The number of fused-ring (bicyclic) bond motifs is 2. The molecule has 1 aliphatic heterocycles. The molecule has 0 saturated heterocycles. The van der Waals surface area contributed by atoms with Crippen molar-refractivity contribution in [1.29, 1.82) is 0 Å². The van der Waals surface area contributed by atoms with Crippen LogP contribution in [0.5, 0.6) is 0 Å². The number of aryl methyl sites for hydroxylation is 1. The minimum atomic E-state index is 0. The van der Waals surface area contributed by atoms with Gasteiger partial charge in [0.25, 0.3) is 0 Å². The minimum absolute atomic E-state index is 0. The highest BCUT2D eigenvalue weighted by Crippen LogP contribution is 2.47. The zero-order chi connectivity index (χ0) is 19.6. The normalized spacial score (nSPS) is 12.7. The number of halogens is 1. The van der Waals surface area contributed by atoms with Crippen LogP contribution >= 0.6 is 11.8 Å². The van der Waals surface area contributed by atoms with Crippen LogP contribution in [0.3, 0.4) is 0 Å². The highest BCUT2D eigenvalue weighted by molar-refractivity contribution is 7.99. The van der Waals surface area contributed by atoms with Gasteiger partial charge >= 0.3 is 0 Å². The van der Waals surface area contributed by atoms with Gasteiger partial charge in [0, 0.05) is 28.3 Å². The maximum absolute atomic E-state index is 2.51. The molecule has 0 saturated carbocycles. The van der Waals surface area contributed by atoms with Gasteiger partial charge in [0.1, 0.15) is 6.54 Å². The van der Waals surface area contributed by atoms with Crippen molar-refractivity contribution in [3.8, 4) is 0 Å². The fraction of sp³-hybridized carbons (Fsp3) is 0.280. The van der Waals surface area contributed by atoms with Crippen molar-refractivity contribution in [2.45, 2.75) is 29.7 Å². The minimum Gasteiger partial charge on any atom is -1.00 e. The summed E-state index contributed by atoms with van der Waals surface area (Å²) in [5.41, 5.74) is 5.43. The van der Waals surface area contributed by atoms with E-state index in [1.54, 1.807) is 0 Å². The lowest BCUT2D eigenvalue weighted by Gasteiger charge is -2.35. The van der Waals surface area contributed by atoms with Crippen molar-refractivity contribution >= 4 is 23.1 Å². The molecule has 152 valence electrons. The predicted octanol–water partition coefficient (Wildman–Crippen LogP) is 3.27. The Balaban J connectivity index is 0.00000240. The van der Waals surface area contributed by atoms with Gasteiger partial charge in [0.2, 0.25) is 0 Å². The van der Waals surface area contributed by atoms with Gasteiger partial charge in [-0.25, -0.2) is 0 Å². The van der Waals surface area contributed by atoms with E-state index >= 15 is 0 Å². The van der Waals surface area contributed by atoms with Crippen molar-refractivity contribution in [3.63, 3.8) is 0 Å². The van der Waals surface area contributed by atoms with Gasteiger partial charge in [-0.2, -0.15) is 0 Å². The van der Waals surface area contributed by atoms with E-state index in [2.05, 4.69) is 98.7 Å². The molecular weight excluding hydrogens is 396 g/mol. The van der Waals surface area contributed by atoms with Gasteiger partial charge in [-0.15, -0.1) is 0 Å². The average Bonchev–Trinajstić information content (AvgIpc) is 2.69. The molecule has 0 radical (unpaired) electrons. The summed E-state index contributed by atoms with van der Waals surface area (Å²) in [6.45, 7) is 5.42. The predicted molar refractivity (Wildman–Crippen MR) is 120 cm³/mol. The largest absolute Gasteiger partial charge is 1.00 e. The molecule has 4 rings (SSSR count). The van der Waals surface area contributed by atoms with E-state index in [0.29, 0.717) is 0 Å². The van der Waals surface area contributed by atoms with Crippen molar-refractivity contribution in [1.82, 2.24) is 0 Å². The highest BCUT2D eigenvalue weighted by Gasteiger charge is 2.23. The maximum atomic E-state index is 2.51. The molecule has 0 amide bonds. The number of anilines is 2. The second-order valence-electron chi connectivity index (χ2n) is 8.35. The number of rotatable bonds is 6. The SMILES string of the molecule is Cc1ccc(C[N+](C)(C)CCCN2c3ccccc3Sc3ccccc32)cc1.[Cl-]. The Bertz CT molecular complexity index is 908. The lowest BCUT2D eigenvalue weighted by atomic mass is 10.1. The van der Waals surface area contributed by atoms with Crippen LogP contribution in [0.15, 0.2) is 82.6 Å². The first-order valence-corrected chi connectivity index (χ1v) is 10.8. The molecule has 3 aromatic rings. The first-order chi connectivity index (χ1) is 13.5. The summed E-state index contributed by atoms with van der Waals surface area (Å²) in [5.74, 6) is 0. The molecule has 0 spiro atoms. The smallest absolute Gasteiger partial charge is 0.104 e. The van der Waals surface area contributed by atoms with E-state index < -0.39 is 0 Å². The van der Waals surface area contributed by atoms with Gasteiger partial charge in [0.05, 0.1) is 32.0 Å². The van der Waals surface area contributed by atoms with Crippen LogP contribution in [0, 0.1) is 6.92 Å². The summed E-state index contributed by atoms with van der Waals surface area (Å²) >= 11 is 1.88. The van der Waals surface area contributed by atoms with Gasteiger partial charge in [-0.3, -0.25) is 0 Å². The van der Waals surface area contributed by atoms with Crippen LogP contribution in [-0.2, 0) is 6.54 Å². The lowest BCUT2D eigenvalue weighted by Crippen LogP contribution is -3.00. The Morgan fingerprint density at radius 1 is 0.793 bits per heavy atom. The highest BCUT2D eigenvalue weighted by atomic mass is 35.5. The van der Waals surface area contributed by atoms with Gasteiger partial charge in [-0.05, 0) is 31.2 Å². The van der Waals surface area contributed by atoms with E-state index in [-0.39, 0.29) is 12.4 Å². The van der Waals surface area contributed by atoms with E-state index in [1.165, 1.54) is 32.3 Å². The molecule has 1 aliphatic rings. The lowest BCUT2D eigenvalue weighted by molar-refractivity contribution is -0.903. The van der Waals surface area contributed by atoms with Crippen LogP contribution in [0.2, 0.25) is 0 Å². The van der Waals surface area contributed by atoms with E-state index in [4.69, 9.17) is 0 Å². The standard InChI is InChI=1S/C25H29N2S.ClH/c1-20-13-15-21(16-14-20)19-27(2,3)18-8-17-26-22-9-4-6-11-24(22)28-25-12-7-5-10-23(25)26;/h4-7,9-16H,8,17-19H2,1-3H3;1H/q+1;/p-1. The number of hydrogen-bond acceptors (Lipinski definition) is 2. The third kappa shape index (κ3) is 5.16. The molecular formula is C25H29ClN2S. The molecule has 3 aromatic carbocycles. The summed E-state index contributed by atoms with van der Waals surface area (Å²) in [5, 5.41) is 0. The van der Waals surface area contributed by atoms with Crippen LogP contribution in [0.25, 0.3) is 0 Å². The molecule has 0 N–H and O–H groups in total. The number of nitrogens with zero attached hydrogens (tertiary/aromatic N) is 2. The molecule has 29 heavy (non-hydrogen) atoms. The third-order valence-electron chi connectivity index (χ3n) is 5.41. The molecule has 0 aliphatic carbocycles. The second kappa shape index (κ2) is 9.25. The monoisotopic (exact) mass is 424 g/mol. The van der Waals surface area contributed by atoms with Gasteiger partial charge < -0.3 is 21.8 Å². The molecule has 0 bridgehead atoms. The van der Waals surface area contributed by atoms with Gasteiger partial charge in [-0.1, -0.05) is 65.9 Å². The summed E-state index contributed by atoms with van der Waals surface area (Å²) in [4.78, 5) is 5.22. The number of benzene rings is 3. The van der Waals surface area contributed by atoms with Crippen molar-refractivity contribution < 1.29 is 16.9 Å². The quantitative estimate of drug-likeness (QED) is 0.559. The molecule has 1 heterocycles. The summed E-state index contributed by atoms with van der Waals surface area (Å²) in [6.07, 6.45) is 1.16. The molecule has 0 aromatic heterocycles. The topological polar surface area (TPSA) is 3.24 Å². The maximum Gasteiger partial charge on any atom is 0.104 e. The van der Waals surface area contributed by atoms with Crippen molar-refractivity contribution in [2.24, 2.45) is 0 Å². The second-order valence-corrected chi connectivity index (χ2v) is 9.43. The number of para-hydroxylation sites is 2. The summed E-state index contributed by atoms with van der Waals surface area (Å²) in [7, 11) is 4.68. The third-order valence-corrected chi connectivity index (χ3v) is 6.54. The van der Waals surface area contributed by atoms with Gasteiger partial charge in [0.15, 0.2) is 0 Å². The summed E-state index contributed by atoms with van der Waals surface area (Å²) in [6, 6.07) is 26.5. The Hall–Kier alpha value is -1.94. The number of quaternary nitrogens is 1. The Kier molecular flexibility index (Phi) is 6.94. The number of hydrogen-bond donors (Lipinski definition) is 0. The molecule has 0 unspecified atom stereocenters. The zero-order valence-electron chi connectivity index (χ0n) is 17.4. The van der Waals surface area contributed by atoms with E-state index in [9.17, 15) is 0 Å². The van der Waals surface area contributed by atoms with Crippen LogP contribution in [-0.4, -0.2) is 31.7 Å². The molecule has 0 atom stereocenters. The Morgan fingerprint density at radius 2 is 1.34 bits per heavy atom. The van der Waals surface area contributed by atoms with Crippen LogP contribution < -0.4 is 17.3 Å². The zero-order valence-corrected chi connectivity index (χ0v) is 19.0. The first-order valence-electron chi connectivity index (χ1n) is 10.0. The first kappa shape index (κ1) is 21.8. The van der Waals surface area contributed by atoms with E-state index in [1.807, 2.05) is 11.8 Å². The summed E-state index contributed by atoms with van der Waals surface area (Å²) < 4.78 is 1.01. The van der Waals surface area contributed by atoms with Crippen molar-refractivity contribution in [3.05, 3.63) is 83.9 Å². The van der Waals surface area contributed by atoms with Crippen molar-refractivity contribution in [2.75, 3.05) is 32.1 Å². The molecule has 2 nitrogen and oxygen atoms in total.